The van der Waals surface area contributed by atoms with Gasteiger partial charge in [-0.05, 0) is 66.2 Å². The number of carbonyl (C=O) groups is 2. The van der Waals surface area contributed by atoms with Gasteiger partial charge in [-0.25, -0.2) is 0 Å². The van der Waals surface area contributed by atoms with Crippen LogP contribution in [0.2, 0.25) is 0 Å². The minimum absolute atomic E-state index is 0.0152. The number of carbonyl (C=O) groups excluding carboxylic acids is 2. The lowest BCUT2D eigenvalue weighted by atomic mass is 9.70. The first kappa shape index (κ1) is 29.0. The molecule has 1 aromatic rings. The van der Waals surface area contributed by atoms with Gasteiger partial charge in [0.1, 0.15) is 11.6 Å². The first-order valence-electron chi connectivity index (χ1n) is 13.7. The molecule has 0 amide bonds. The van der Waals surface area contributed by atoms with Crippen molar-refractivity contribution in [2.75, 3.05) is 33.1 Å². The monoisotopic (exact) mass is 549 g/mol. The summed E-state index contributed by atoms with van der Waals surface area (Å²) in [6.07, 6.45) is 4.61. The Kier molecular flexibility index (Phi) is 8.05. The van der Waals surface area contributed by atoms with E-state index in [0.29, 0.717) is 31.0 Å². The average Bonchev–Trinajstić information content (AvgIpc) is 3.17. The number of hydrogen-bond acceptors (Lipinski definition) is 7. The number of hydrogen-bond donors (Lipinski definition) is 1. The maximum absolute atomic E-state index is 12.6. The molecule has 38 heavy (non-hydrogen) atoms. The SMILES string of the molecule is CC1(C)[C@@H]2CC[C@@]1(CS(=O)(=O)O)C(=O)C2.COc1cc2c(cc1OC)[C@H]1CC(=O)[C@H](CC(C)C)CN1CC2. The molecule has 5 rings (SSSR count). The van der Waals surface area contributed by atoms with Crippen LogP contribution in [-0.2, 0) is 26.1 Å². The standard InChI is InChI=1S/C19H27NO3.C10H16O4S/c1-12(2)7-14-11-20-6-5-13-8-18(22-3)19(23-4)9-15(13)16(20)10-17(14)21;1-9(2)7-3-4-10(9,8(11)5-7)6-15(12,13)14/h8-9,12,14,16H,5-7,10-11H2,1-4H3;7H,3-6H2,1-2H3,(H,12,13,14)/t14-,16-;7-,10-/m11/s1. The molecule has 0 aromatic heterocycles. The lowest BCUT2D eigenvalue weighted by molar-refractivity contribution is -0.129. The van der Waals surface area contributed by atoms with Crippen molar-refractivity contribution >= 4 is 21.7 Å². The third-order valence-electron chi connectivity index (χ3n) is 9.74. The number of benzene rings is 1. The van der Waals surface area contributed by atoms with E-state index in [9.17, 15) is 18.0 Å². The molecule has 2 heterocycles. The second kappa shape index (κ2) is 10.5. The molecule has 2 saturated carbocycles. The number of Topliss-reactive ketones (excluding diaryl/α,β-unsaturated/α-hetero) is 2. The summed E-state index contributed by atoms with van der Waals surface area (Å²) in [6.45, 7) is 10.2. The molecule has 4 atom stereocenters. The smallest absolute Gasteiger partial charge is 0.265 e. The Labute approximate surface area is 227 Å². The molecule has 3 fully saturated rings. The third-order valence-corrected chi connectivity index (χ3v) is 10.6. The highest BCUT2D eigenvalue weighted by molar-refractivity contribution is 7.85. The third kappa shape index (κ3) is 5.26. The van der Waals surface area contributed by atoms with E-state index in [1.54, 1.807) is 14.2 Å². The normalized spacial score (nSPS) is 29.9. The van der Waals surface area contributed by atoms with Gasteiger partial charge in [-0.2, -0.15) is 8.42 Å². The van der Waals surface area contributed by atoms with Crippen LogP contribution in [0.5, 0.6) is 11.5 Å². The van der Waals surface area contributed by atoms with Crippen LogP contribution < -0.4 is 9.47 Å². The Balaban J connectivity index is 0.000000194. The number of fused-ring (bicyclic) bond motifs is 5. The van der Waals surface area contributed by atoms with E-state index in [2.05, 4.69) is 30.9 Å². The van der Waals surface area contributed by atoms with Crippen molar-refractivity contribution in [2.24, 2.45) is 28.6 Å². The molecule has 1 N–H and O–H groups in total. The highest BCUT2D eigenvalue weighted by Crippen LogP contribution is 2.64. The van der Waals surface area contributed by atoms with Gasteiger partial charge in [-0.15, -0.1) is 0 Å². The van der Waals surface area contributed by atoms with Crippen LogP contribution in [0.15, 0.2) is 12.1 Å². The van der Waals surface area contributed by atoms with E-state index in [4.69, 9.17) is 14.0 Å². The zero-order valence-corrected chi connectivity index (χ0v) is 24.4. The molecule has 0 spiro atoms. The second-order valence-electron chi connectivity index (χ2n) is 12.6. The highest BCUT2D eigenvalue weighted by Gasteiger charge is 2.65. The first-order chi connectivity index (χ1) is 17.7. The summed E-state index contributed by atoms with van der Waals surface area (Å²) < 4.78 is 41.8. The van der Waals surface area contributed by atoms with E-state index in [1.165, 1.54) is 11.1 Å². The number of rotatable bonds is 6. The zero-order chi connectivity index (χ0) is 28.0. The molecule has 1 saturated heterocycles. The van der Waals surface area contributed by atoms with E-state index in [-0.39, 0.29) is 29.1 Å². The number of piperidine rings is 1. The van der Waals surface area contributed by atoms with E-state index in [0.717, 1.165) is 43.9 Å². The summed E-state index contributed by atoms with van der Waals surface area (Å²) in [5.41, 5.74) is 1.41. The lowest BCUT2D eigenvalue weighted by Crippen LogP contribution is -2.46. The van der Waals surface area contributed by atoms with Gasteiger partial charge in [0, 0.05) is 37.9 Å². The summed E-state index contributed by atoms with van der Waals surface area (Å²) in [7, 11) is -0.747. The van der Waals surface area contributed by atoms with Crippen LogP contribution in [0.4, 0.5) is 0 Å². The predicted molar refractivity (Wildman–Crippen MR) is 145 cm³/mol. The lowest BCUT2D eigenvalue weighted by Gasteiger charge is -2.43. The predicted octanol–water partition coefficient (Wildman–Crippen LogP) is 4.51. The largest absolute Gasteiger partial charge is 0.493 e. The van der Waals surface area contributed by atoms with Gasteiger partial charge in [0.15, 0.2) is 11.5 Å². The van der Waals surface area contributed by atoms with Crippen LogP contribution >= 0.6 is 0 Å². The fourth-order valence-electron chi connectivity index (χ4n) is 7.47. The number of nitrogens with zero attached hydrogens (tertiary/aromatic N) is 1. The van der Waals surface area contributed by atoms with Gasteiger partial charge in [0.25, 0.3) is 10.1 Å². The van der Waals surface area contributed by atoms with Crippen molar-refractivity contribution in [3.63, 3.8) is 0 Å². The Morgan fingerprint density at radius 3 is 2.29 bits per heavy atom. The Bertz CT molecular complexity index is 1190. The number of ether oxygens (including phenoxy) is 2. The van der Waals surface area contributed by atoms with Crippen molar-refractivity contribution in [1.29, 1.82) is 0 Å². The average molecular weight is 550 g/mol. The quantitative estimate of drug-likeness (QED) is 0.516. The van der Waals surface area contributed by atoms with Gasteiger partial charge in [-0.3, -0.25) is 19.0 Å². The van der Waals surface area contributed by atoms with Crippen molar-refractivity contribution in [2.45, 2.75) is 72.3 Å². The van der Waals surface area contributed by atoms with E-state index < -0.39 is 21.3 Å². The Morgan fingerprint density at radius 1 is 1.11 bits per heavy atom. The molecule has 9 heteroatoms. The maximum atomic E-state index is 12.6. The molecular formula is C29H43NO7S. The topological polar surface area (TPSA) is 110 Å². The minimum atomic E-state index is -4.08. The van der Waals surface area contributed by atoms with Crippen LogP contribution in [0.25, 0.3) is 0 Å². The van der Waals surface area contributed by atoms with Crippen molar-refractivity contribution in [3.05, 3.63) is 23.3 Å². The molecular weight excluding hydrogens is 506 g/mol. The maximum Gasteiger partial charge on any atom is 0.265 e. The van der Waals surface area contributed by atoms with Gasteiger partial charge in [0.05, 0.1) is 25.4 Å². The number of ketones is 2. The van der Waals surface area contributed by atoms with Crippen molar-refractivity contribution < 1.29 is 32.0 Å². The Morgan fingerprint density at radius 2 is 1.76 bits per heavy atom. The van der Waals surface area contributed by atoms with Crippen LogP contribution in [0.3, 0.4) is 0 Å². The number of methoxy groups -OCH3 is 2. The summed E-state index contributed by atoms with van der Waals surface area (Å²) in [5.74, 6) is 2.62. The van der Waals surface area contributed by atoms with Gasteiger partial charge >= 0.3 is 0 Å². The summed E-state index contributed by atoms with van der Waals surface area (Å²) in [5, 5.41) is 0. The van der Waals surface area contributed by atoms with Crippen LogP contribution in [0, 0.1) is 28.6 Å². The second-order valence-corrected chi connectivity index (χ2v) is 14.0. The molecule has 0 unspecified atom stereocenters. The van der Waals surface area contributed by atoms with Crippen LogP contribution in [-0.4, -0.2) is 62.5 Å². The summed E-state index contributed by atoms with van der Waals surface area (Å²) >= 11 is 0. The van der Waals surface area contributed by atoms with Gasteiger partial charge in [0.2, 0.25) is 0 Å². The van der Waals surface area contributed by atoms with Crippen LogP contribution in [0.1, 0.15) is 77.0 Å². The molecule has 2 aliphatic carbocycles. The first-order valence-corrected chi connectivity index (χ1v) is 15.3. The Hall–Kier alpha value is -1.97. The van der Waals surface area contributed by atoms with E-state index in [1.807, 2.05) is 13.8 Å². The zero-order valence-electron chi connectivity index (χ0n) is 23.6. The summed E-state index contributed by atoms with van der Waals surface area (Å²) in [6, 6.07) is 4.35. The van der Waals surface area contributed by atoms with E-state index >= 15 is 0 Å². The molecule has 0 radical (unpaired) electrons. The molecule has 1 aromatic carbocycles. The molecule has 4 aliphatic rings. The van der Waals surface area contributed by atoms with Crippen molar-refractivity contribution in [3.8, 4) is 11.5 Å². The molecule has 8 nitrogen and oxygen atoms in total. The summed E-state index contributed by atoms with van der Waals surface area (Å²) in [4.78, 5) is 27.0. The van der Waals surface area contributed by atoms with Gasteiger partial charge < -0.3 is 9.47 Å². The minimum Gasteiger partial charge on any atom is -0.493 e. The van der Waals surface area contributed by atoms with Gasteiger partial charge in [-0.1, -0.05) is 27.7 Å². The molecule has 212 valence electrons. The molecule has 2 bridgehead atoms. The van der Waals surface area contributed by atoms with Crippen molar-refractivity contribution in [1.82, 2.24) is 4.90 Å². The molecule has 2 aliphatic heterocycles. The highest BCUT2D eigenvalue weighted by atomic mass is 32.2. The fourth-order valence-corrected chi connectivity index (χ4v) is 8.77. The fraction of sp³-hybridized carbons (Fsp3) is 0.724.